The minimum absolute atomic E-state index is 0.0187. The second-order valence-electron chi connectivity index (χ2n) is 9.08. The van der Waals surface area contributed by atoms with Gasteiger partial charge in [0.15, 0.2) is 11.4 Å². The molecule has 1 aromatic rings. The summed E-state index contributed by atoms with van der Waals surface area (Å²) in [7, 11) is 2.97. The Hall–Kier alpha value is -2.92. The molecule has 7 N–H and O–H groups in total. The van der Waals surface area contributed by atoms with Crippen LogP contribution >= 0.6 is 11.6 Å². The lowest BCUT2D eigenvalue weighted by Gasteiger charge is -2.53. The summed E-state index contributed by atoms with van der Waals surface area (Å²) in [6, 6.07) is 1.24. The first-order valence-corrected chi connectivity index (χ1v) is 10.5. The summed E-state index contributed by atoms with van der Waals surface area (Å²) in [4.78, 5) is 40.1. The van der Waals surface area contributed by atoms with E-state index in [-0.39, 0.29) is 22.6 Å². The van der Waals surface area contributed by atoms with Gasteiger partial charge in [-0.2, -0.15) is 0 Å². The number of halogens is 1. The first-order valence-electron chi connectivity index (χ1n) is 10.1. The number of amides is 1. The Labute approximate surface area is 193 Å². The number of phenols is 1. The van der Waals surface area contributed by atoms with Crippen molar-refractivity contribution in [2.24, 2.45) is 17.6 Å². The number of aliphatic hydroxyl groups is 4. The quantitative estimate of drug-likeness (QED) is 0.325. The van der Waals surface area contributed by atoms with Gasteiger partial charge in [0.1, 0.15) is 22.8 Å². The third-order valence-corrected chi connectivity index (χ3v) is 7.39. The van der Waals surface area contributed by atoms with Crippen LogP contribution in [0.3, 0.4) is 0 Å². The van der Waals surface area contributed by atoms with Crippen LogP contribution in [0.25, 0.3) is 5.76 Å². The Balaban J connectivity index is 2.07. The second-order valence-corrected chi connectivity index (χ2v) is 9.48. The van der Waals surface area contributed by atoms with Gasteiger partial charge < -0.3 is 31.3 Å². The molecule has 0 saturated heterocycles. The fraction of sp³-hybridized carbons (Fsp3) is 0.409. The van der Waals surface area contributed by atoms with Crippen LogP contribution in [-0.4, -0.2) is 73.6 Å². The van der Waals surface area contributed by atoms with Crippen LogP contribution in [0.2, 0.25) is 5.02 Å². The molecule has 0 heterocycles. The zero-order valence-electron chi connectivity index (χ0n) is 18.0. The van der Waals surface area contributed by atoms with Crippen LogP contribution in [0.1, 0.15) is 24.5 Å². The number of carbonyl (C=O) groups excluding carboxylic acids is 3. The van der Waals surface area contributed by atoms with Crippen molar-refractivity contribution in [3.63, 3.8) is 0 Å². The summed E-state index contributed by atoms with van der Waals surface area (Å²) < 4.78 is 0. The molecule has 3 aliphatic carbocycles. The van der Waals surface area contributed by atoms with Crippen molar-refractivity contribution >= 4 is 34.8 Å². The number of Topliss-reactive ketones (excluding diaryl/α,β-unsaturated/α-hetero) is 2. The Bertz CT molecular complexity index is 1200. The molecule has 1 saturated carbocycles. The Morgan fingerprint density at radius 3 is 2.33 bits per heavy atom. The van der Waals surface area contributed by atoms with E-state index in [1.807, 2.05) is 0 Å². The number of benzene rings is 1. The molecule has 0 bridgehead atoms. The highest BCUT2D eigenvalue weighted by Gasteiger charge is 2.66. The predicted octanol–water partition coefficient (Wildman–Crippen LogP) is 0.282. The number of hydrogen-bond donors (Lipinski definition) is 6. The Morgan fingerprint density at radius 2 is 1.79 bits per heavy atom. The molecule has 1 amide bonds. The number of likely N-dealkylation sites (N-methyl/N-ethyl adjacent to an activating group) is 1. The molecule has 0 aromatic heterocycles. The highest BCUT2D eigenvalue weighted by atomic mass is 35.5. The van der Waals surface area contributed by atoms with Gasteiger partial charge in [0.05, 0.1) is 17.2 Å². The number of rotatable bonds is 2. The first kappa shape index (κ1) is 23.2. The third-order valence-electron chi connectivity index (χ3n) is 7.07. The molecule has 2 unspecified atom stereocenters. The largest absolute Gasteiger partial charge is 0.508 e. The molecule has 5 atom stereocenters. The van der Waals surface area contributed by atoms with Gasteiger partial charge in [-0.15, -0.1) is 0 Å². The Kier molecular flexibility index (Phi) is 4.96. The molecule has 0 spiro atoms. The van der Waals surface area contributed by atoms with E-state index in [4.69, 9.17) is 17.3 Å². The molecule has 1 aromatic carbocycles. The first-order chi connectivity index (χ1) is 15.2. The summed E-state index contributed by atoms with van der Waals surface area (Å²) in [5.74, 6) is -8.30. The minimum atomic E-state index is -2.78. The van der Waals surface area contributed by atoms with E-state index in [9.17, 15) is 39.9 Å². The highest BCUT2D eigenvalue weighted by molar-refractivity contribution is 6.32. The number of nitrogens with zero attached hydrogens (tertiary/aromatic N) is 1. The molecule has 33 heavy (non-hydrogen) atoms. The lowest BCUT2D eigenvalue weighted by atomic mass is 9.54. The van der Waals surface area contributed by atoms with Crippen molar-refractivity contribution in [3.8, 4) is 5.75 Å². The van der Waals surface area contributed by atoms with Gasteiger partial charge >= 0.3 is 0 Å². The number of aromatic hydroxyl groups is 1. The lowest BCUT2D eigenvalue weighted by molar-refractivity contribution is -0.159. The maximum atomic E-state index is 13.7. The fourth-order valence-electron chi connectivity index (χ4n) is 5.58. The van der Waals surface area contributed by atoms with Crippen LogP contribution in [0.4, 0.5) is 0 Å². The van der Waals surface area contributed by atoms with Crippen molar-refractivity contribution in [3.05, 3.63) is 45.2 Å². The van der Waals surface area contributed by atoms with Gasteiger partial charge in [-0.25, -0.2) is 0 Å². The number of ketones is 2. The summed E-state index contributed by atoms with van der Waals surface area (Å²) >= 11 is 6.28. The fourth-order valence-corrected chi connectivity index (χ4v) is 5.93. The van der Waals surface area contributed by atoms with Gasteiger partial charge in [-0.1, -0.05) is 11.6 Å². The number of nitrogens with two attached hydrogens (primary N) is 1. The lowest BCUT2D eigenvalue weighted by Crippen LogP contribution is -2.67. The van der Waals surface area contributed by atoms with Crippen LogP contribution in [0.5, 0.6) is 5.75 Å². The maximum absolute atomic E-state index is 13.7. The van der Waals surface area contributed by atoms with Crippen molar-refractivity contribution in [1.29, 1.82) is 0 Å². The normalized spacial score (nSPS) is 33.7. The van der Waals surface area contributed by atoms with Gasteiger partial charge in [0.25, 0.3) is 5.91 Å². The molecular weight excluding hydrogens is 456 g/mol. The molecular formula is C22H23ClN2O8. The number of carbonyl (C=O) groups is 3. The number of hydrogen-bond acceptors (Lipinski definition) is 9. The predicted molar refractivity (Wildman–Crippen MR) is 115 cm³/mol. The van der Waals surface area contributed by atoms with Crippen LogP contribution < -0.4 is 5.73 Å². The molecule has 1 fully saturated rings. The van der Waals surface area contributed by atoms with E-state index < -0.39 is 75.0 Å². The van der Waals surface area contributed by atoms with Crippen LogP contribution in [-0.2, 0) is 20.0 Å². The van der Waals surface area contributed by atoms with Gasteiger partial charge in [-0.05, 0) is 39.6 Å². The maximum Gasteiger partial charge on any atom is 0.255 e. The average Bonchev–Trinajstić information content (AvgIpc) is 2.69. The third kappa shape index (κ3) is 2.75. The van der Waals surface area contributed by atoms with E-state index in [2.05, 4.69) is 0 Å². The summed E-state index contributed by atoms with van der Waals surface area (Å²) in [5.41, 5.74) is -1.10. The zero-order valence-corrected chi connectivity index (χ0v) is 18.7. The van der Waals surface area contributed by atoms with Crippen LogP contribution in [0, 0.1) is 11.8 Å². The molecule has 10 nitrogen and oxygen atoms in total. The van der Waals surface area contributed by atoms with E-state index in [0.29, 0.717) is 0 Å². The van der Waals surface area contributed by atoms with Crippen molar-refractivity contribution in [1.82, 2.24) is 4.90 Å². The molecule has 4 rings (SSSR count). The van der Waals surface area contributed by atoms with Crippen molar-refractivity contribution in [2.45, 2.75) is 30.6 Å². The van der Waals surface area contributed by atoms with Crippen molar-refractivity contribution < 1.29 is 39.9 Å². The SMILES string of the molecule is CN(C)[C@@H]1C(=O)C(C(N)=O)=C(O)[C@@]2(O)C(=O)C3=C(O)c4c(O)ccc(Cl)c4[C@@](C)(O)C3CC12. The molecule has 0 radical (unpaired) electrons. The topological polar surface area (TPSA) is 182 Å². The summed E-state index contributed by atoms with van der Waals surface area (Å²) in [6.45, 7) is 1.34. The van der Waals surface area contributed by atoms with E-state index in [0.717, 1.165) is 0 Å². The second kappa shape index (κ2) is 7.04. The average molecular weight is 479 g/mol. The minimum Gasteiger partial charge on any atom is -0.508 e. The zero-order chi connectivity index (χ0) is 24.8. The van der Waals surface area contributed by atoms with Gasteiger partial charge in [-0.3, -0.25) is 19.3 Å². The number of aliphatic hydroxyl groups excluding tert-OH is 2. The molecule has 3 aliphatic rings. The van der Waals surface area contributed by atoms with Gasteiger partial charge in [0, 0.05) is 28.0 Å². The van der Waals surface area contributed by atoms with Gasteiger partial charge in [0.2, 0.25) is 5.78 Å². The van der Waals surface area contributed by atoms with Crippen LogP contribution in [0.15, 0.2) is 29.0 Å². The number of primary amides is 1. The number of phenolic OH excluding ortho intramolecular Hbond substituents is 1. The van der Waals surface area contributed by atoms with E-state index >= 15 is 0 Å². The molecule has 11 heteroatoms. The molecule has 176 valence electrons. The van der Waals surface area contributed by atoms with E-state index in [1.165, 1.54) is 38.1 Å². The summed E-state index contributed by atoms with van der Waals surface area (Å²) in [6.07, 6.45) is -0.259. The summed E-state index contributed by atoms with van der Waals surface area (Å²) in [5, 5.41) is 55.2. The Morgan fingerprint density at radius 1 is 1.18 bits per heavy atom. The smallest absolute Gasteiger partial charge is 0.255 e. The highest BCUT2D eigenvalue weighted by Crippen LogP contribution is 2.58. The monoisotopic (exact) mass is 478 g/mol. The van der Waals surface area contributed by atoms with Crippen molar-refractivity contribution in [2.75, 3.05) is 14.1 Å². The van der Waals surface area contributed by atoms with E-state index in [1.54, 1.807) is 0 Å². The standard InChI is InChI=1S/C22H23ClN2O8/c1-21(32)7-6-8-15(25(2)3)17(28)13(20(24)31)19(30)22(8,33)18(29)11(7)16(27)12-10(26)5-4-9(23)14(12)21/h4-5,7-8,15,26-27,30,32-33H,6H2,1-3H3,(H2,24,31)/t7?,8?,15-,21-,22-/m0/s1. The number of fused-ring (bicyclic) bond motifs is 3. The molecule has 0 aliphatic heterocycles.